The topological polar surface area (TPSA) is 92.6 Å². The lowest BCUT2D eigenvalue weighted by molar-refractivity contribution is -0.505. The van der Waals surface area contributed by atoms with Crippen LogP contribution in [0.1, 0.15) is 64.7 Å². The summed E-state index contributed by atoms with van der Waals surface area (Å²) in [5.41, 5.74) is 0.860. The van der Waals surface area contributed by atoms with E-state index in [1.54, 1.807) is 0 Å². The van der Waals surface area contributed by atoms with Crippen LogP contribution in [-0.2, 0) is 9.59 Å². The highest BCUT2D eigenvalue weighted by Gasteiger charge is 2.58. The Kier molecular flexibility index (Phi) is 6.73. The number of nitrogens with zero attached hydrogens (tertiary/aromatic N) is 2. The Balaban J connectivity index is 1.46. The van der Waals surface area contributed by atoms with Gasteiger partial charge in [-0.05, 0) is 50.4 Å². The molecule has 7 heteroatoms. The van der Waals surface area contributed by atoms with Crippen molar-refractivity contribution in [3.05, 3.63) is 21.8 Å². The van der Waals surface area contributed by atoms with E-state index in [4.69, 9.17) is 0 Å². The fraction of sp³-hybridized carbons (Fsp3) is 0.810. The first-order valence-corrected chi connectivity index (χ1v) is 10.8. The number of likely N-dealkylation sites (tertiary alicyclic amines) is 1. The van der Waals surface area contributed by atoms with E-state index in [-0.39, 0.29) is 35.6 Å². The number of nitrogens with one attached hydrogen (secondary N) is 1. The van der Waals surface area contributed by atoms with Crippen LogP contribution in [0.4, 0.5) is 0 Å². The van der Waals surface area contributed by atoms with Crippen LogP contribution >= 0.6 is 0 Å². The maximum atomic E-state index is 12.5. The zero-order valence-electron chi connectivity index (χ0n) is 17.0. The average Bonchev–Trinajstić information content (AvgIpc) is 2.86. The van der Waals surface area contributed by atoms with Crippen LogP contribution in [0.25, 0.3) is 0 Å². The Bertz CT molecular complexity index is 648. The number of carbonyl (C=O) groups is 2. The molecular weight excluding hydrogens is 358 g/mol. The van der Waals surface area contributed by atoms with Gasteiger partial charge in [0.15, 0.2) is 0 Å². The van der Waals surface area contributed by atoms with Crippen molar-refractivity contribution in [2.24, 2.45) is 17.3 Å². The highest BCUT2D eigenvalue weighted by Crippen LogP contribution is 2.60. The molecule has 0 radical (unpaired) electrons. The zero-order valence-corrected chi connectivity index (χ0v) is 17.0. The highest BCUT2D eigenvalue weighted by molar-refractivity contribution is 5.77. The Hall–Kier alpha value is -1.92. The molecule has 28 heavy (non-hydrogen) atoms. The summed E-state index contributed by atoms with van der Waals surface area (Å²) in [6, 6.07) is 0. The molecule has 0 bridgehead atoms. The number of nitro groups is 1. The number of hydrogen-bond acceptors (Lipinski definition) is 4. The number of fused-ring (bicyclic) bond motifs is 1. The van der Waals surface area contributed by atoms with Crippen molar-refractivity contribution >= 4 is 11.8 Å². The lowest BCUT2D eigenvalue weighted by Gasteiger charge is -2.49. The van der Waals surface area contributed by atoms with Crippen molar-refractivity contribution in [1.29, 1.82) is 0 Å². The van der Waals surface area contributed by atoms with Crippen LogP contribution in [0.5, 0.6) is 0 Å². The summed E-state index contributed by atoms with van der Waals surface area (Å²) >= 11 is 0. The van der Waals surface area contributed by atoms with Crippen LogP contribution in [0.3, 0.4) is 0 Å². The second-order valence-corrected chi connectivity index (χ2v) is 8.80. The molecular formula is C21H33N3O4. The predicted molar refractivity (Wildman–Crippen MR) is 106 cm³/mol. The van der Waals surface area contributed by atoms with Crippen LogP contribution in [-0.4, -0.2) is 47.8 Å². The van der Waals surface area contributed by atoms with Crippen molar-refractivity contribution in [1.82, 2.24) is 10.2 Å². The predicted octanol–water partition coefficient (Wildman–Crippen LogP) is 2.92. The Morgan fingerprint density at radius 1 is 1.39 bits per heavy atom. The maximum absolute atomic E-state index is 12.5. The van der Waals surface area contributed by atoms with Gasteiger partial charge in [0.2, 0.25) is 18.4 Å². The van der Waals surface area contributed by atoms with Gasteiger partial charge in [0.1, 0.15) is 0 Å². The Morgan fingerprint density at radius 2 is 2.21 bits per heavy atom. The zero-order chi connectivity index (χ0) is 20.1. The molecule has 156 valence electrons. The average molecular weight is 392 g/mol. The first-order valence-electron chi connectivity index (χ1n) is 10.8. The molecule has 1 heterocycles. The van der Waals surface area contributed by atoms with Crippen LogP contribution in [0, 0.1) is 27.4 Å². The third-order valence-corrected chi connectivity index (χ3v) is 6.83. The molecule has 2 amide bonds. The molecule has 0 aromatic carbocycles. The Morgan fingerprint density at radius 3 is 2.96 bits per heavy atom. The minimum Gasteiger partial charge on any atom is -0.356 e. The summed E-state index contributed by atoms with van der Waals surface area (Å²) in [6.45, 7) is 3.99. The van der Waals surface area contributed by atoms with E-state index in [1.165, 1.54) is 5.57 Å². The monoisotopic (exact) mass is 391 g/mol. The summed E-state index contributed by atoms with van der Waals surface area (Å²) in [6.07, 6.45) is 9.72. The number of amides is 2. The maximum Gasteiger partial charge on any atom is 0.222 e. The van der Waals surface area contributed by atoms with E-state index in [0.29, 0.717) is 25.4 Å². The third kappa shape index (κ3) is 4.73. The van der Waals surface area contributed by atoms with Crippen LogP contribution in [0.15, 0.2) is 11.6 Å². The first kappa shape index (κ1) is 20.8. The van der Waals surface area contributed by atoms with Gasteiger partial charge in [-0.3, -0.25) is 19.7 Å². The molecule has 3 atom stereocenters. The molecule has 1 saturated heterocycles. The van der Waals surface area contributed by atoms with Gasteiger partial charge in [0.25, 0.3) is 0 Å². The van der Waals surface area contributed by atoms with Crippen molar-refractivity contribution in [3.8, 4) is 0 Å². The van der Waals surface area contributed by atoms with Gasteiger partial charge >= 0.3 is 0 Å². The van der Waals surface area contributed by atoms with Crippen LogP contribution < -0.4 is 5.32 Å². The highest BCUT2D eigenvalue weighted by atomic mass is 16.6. The molecule has 0 aromatic heterocycles. The van der Waals surface area contributed by atoms with Crippen molar-refractivity contribution < 1.29 is 14.5 Å². The number of carbonyl (C=O) groups excluding carboxylic acids is 2. The van der Waals surface area contributed by atoms with Gasteiger partial charge in [-0.25, -0.2) is 0 Å². The first-order chi connectivity index (χ1) is 13.4. The number of rotatable bonds is 9. The number of hydrogen-bond donors (Lipinski definition) is 1. The standard InChI is InChI=1S/C21H33N3O4/c1-2-16-11-17-13-21(15-24(27)28,18(17)12-16)14-19(25)22-8-6-10-23-9-5-3-4-7-20(23)26/h12,17-18H,2-11,13-15H2,1H3,(H,22,25)/t17-,18-,21?/m1/s1. The molecule has 0 aromatic rings. The van der Waals surface area contributed by atoms with Gasteiger partial charge in [0.05, 0.1) is 5.41 Å². The molecule has 3 aliphatic rings. The van der Waals surface area contributed by atoms with Gasteiger partial charge in [-0.15, -0.1) is 0 Å². The van der Waals surface area contributed by atoms with Gasteiger partial charge in [-0.1, -0.05) is 25.0 Å². The van der Waals surface area contributed by atoms with Gasteiger partial charge in [-0.2, -0.15) is 0 Å². The summed E-state index contributed by atoms with van der Waals surface area (Å²) in [5.74, 6) is 0.778. The SMILES string of the molecule is CCC1=C[C@@H]2[C@H](C1)CC2(CC(=O)NCCCN1CCCCCC1=O)C[N+](=O)[O-]. The fourth-order valence-electron chi connectivity index (χ4n) is 5.39. The quantitative estimate of drug-likeness (QED) is 0.283. The molecule has 1 N–H and O–H groups in total. The van der Waals surface area contributed by atoms with E-state index in [9.17, 15) is 19.7 Å². The molecule has 7 nitrogen and oxygen atoms in total. The summed E-state index contributed by atoms with van der Waals surface area (Å²) < 4.78 is 0. The van der Waals surface area contributed by atoms with E-state index in [0.717, 1.165) is 51.5 Å². The van der Waals surface area contributed by atoms with E-state index >= 15 is 0 Å². The molecule has 0 spiro atoms. The Labute approximate surface area is 167 Å². The second-order valence-electron chi connectivity index (χ2n) is 8.80. The van der Waals surface area contributed by atoms with Crippen LogP contribution in [0.2, 0.25) is 0 Å². The third-order valence-electron chi connectivity index (χ3n) is 6.83. The van der Waals surface area contributed by atoms with Gasteiger partial charge < -0.3 is 10.2 Å². The number of allylic oxidation sites excluding steroid dienone is 2. The minimum absolute atomic E-state index is 0.0964. The van der Waals surface area contributed by atoms with Crippen molar-refractivity contribution in [3.63, 3.8) is 0 Å². The lowest BCUT2D eigenvalue weighted by Crippen LogP contribution is -2.52. The molecule has 2 fully saturated rings. The lowest BCUT2D eigenvalue weighted by atomic mass is 9.53. The second kappa shape index (κ2) is 9.05. The molecule has 1 unspecified atom stereocenters. The molecule has 2 aliphatic carbocycles. The van der Waals surface area contributed by atoms with E-state index in [2.05, 4.69) is 18.3 Å². The van der Waals surface area contributed by atoms with Gasteiger partial charge in [0, 0.05) is 37.4 Å². The van der Waals surface area contributed by atoms with Crippen molar-refractivity contribution in [2.45, 2.75) is 64.7 Å². The molecule has 3 rings (SSSR count). The summed E-state index contributed by atoms with van der Waals surface area (Å²) in [7, 11) is 0. The van der Waals surface area contributed by atoms with E-state index in [1.807, 2.05) is 4.90 Å². The molecule has 1 aliphatic heterocycles. The molecule has 1 saturated carbocycles. The summed E-state index contributed by atoms with van der Waals surface area (Å²) in [4.78, 5) is 37.4. The summed E-state index contributed by atoms with van der Waals surface area (Å²) in [5, 5.41) is 14.2. The fourth-order valence-corrected chi connectivity index (χ4v) is 5.39. The largest absolute Gasteiger partial charge is 0.356 e. The van der Waals surface area contributed by atoms with Crippen molar-refractivity contribution in [2.75, 3.05) is 26.2 Å². The van der Waals surface area contributed by atoms with E-state index < -0.39 is 5.41 Å². The normalized spacial score (nSPS) is 29.5. The smallest absolute Gasteiger partial charge is 0.222 e. The minimum atomic E-state index is -0.518.